The second-order valence-electron chi connectivity index (χ2n) is 7.97. The zero-order valence-corrected chi connectivity index (χ0v) is 17.1. The van der Waals surface area contributed by atoms with E-state index in [1.165, 1.54) is 0 Å². The molecule has 2 N–H and O–H groups in total. The molecule has 156 valence electrons. The molecule has 1 saturated heterocycles. The van der Waals surface area contributed by atoms with Gasteiger partial charge in [-0.15, -0.1) is 0 Å². The van der Waals surface area contributed by atoms with Crippen molar-refractivity contribution < 1.29 is 19.1 Å². The van der Waals surface area contributed by atoms with Crippen LogP contribution in [0.1, 0.15) is 37.0 Å². The van der Waals surface area contributed by atoms with Gasteiger partial charge in [-0.05, 0) is 55.5 Å². The van der Waals surface area contributed by atoms with Crippen LogP contribution in [-0.2, 0) is 28.1 Å². The second kappa shape index (κ2) is 7.82. The first kappa shape index (κ1) is 19.9. The number of hydrogen-bond acceptors (Lipinski definition) is 4. The predicted molar refractivity (Wildman–Crippen MR) is 111 cm³/mol. The zero-order valence-electron chi connectivity index (χ0n) is 17.1. The molecule has 1 unspecified atom stereocenters. The number of benzene rings is 2. The molecule has 7 heteroatoms. The smallest absolute Gasteiger partial charge is 0.325 e. The van der Waals surface area contributed by atoms with Gasteiger partial charge in [0.25, 0.3) is 5.91 Å². The summed E-state index contributed by atoms with van der Waals surface area (Å²) in [6.07, 6.45) is 1.33. The summed E-state index contributed by atoms with van der Waals surface area (Å²) < 4.78 is 5.60. The van der Waals surface area contributed by atoms with Crippen molar-refractivity contribution in [3.05, 3.63) is 65.2 Å². The Balaban J connectivity index is 1.37. The molecule has 0 saturated carbocycles. The van der Waals surface area contributed by atoms with Crippen molar-refractivity contribution >= 4 is 17.8 Å². The molecule has 4 amide bonds. The van der Waals surface area contributed by atoms with Gasteiger partial charge in [-0.2, -0.15) is 0 Å². The number of nitrogens with zero attached hydrogens (tertiary/aromatic N) is 1. The Morgan fingerprint density at radius 2 is 1.90 bits per heavy atom. The van der Waals surface area contributed by atoms with Gasteiger partial charge in [0, 0.05) is 6.54 Å². The first-order valence-electron chi connectivity index (χ1n) is 10.1. The second-order valence-corrected chi connectivity index (χ2v) is 7.97. The Bertz CT molecular complexity index is 986. The zero-order chi connectivity index (χ0) is 21.3. The summed E-state index contributed by atoms with van der Waals surface area (Å²) in [5, 5.41) is 5.60. The summed E-state index contributed by atoms with van der Waals surface area (Å²) >= 11 is 0. The number of carbonyl (C=O) groups is 3. The van der Waals surface area contributed by atoms with E-state index in [0.717, 1.165) is 33.8 Å². The molecule has 0 radical (unpaired) electrons. The van der Waals surface area contributed by atoms with Crippen molar-refractivity contribution in [2.24, 2.45) is 0 Å². The number of nitrogens with one attached hydrogen (secondary N) is 2. The molecular formula is C23H25N3O4. The minimum absolute atomic E-state index is 0.0924. The lowest BCUT2D eigenvalue weighted by molar-refractivity contribution is -0.135. The van der Waals surface area contributed by atoms with E-state index in [4.69, 9.17) is 4.74 Å². The SMILES string of the molecule is CC(C)Oc1ccc(CNC(=O)CN2C(=O)NC3(CCc4ccccc43)C2=O)cc1. The topological polar surface area (TPSA) is 87.7 Å². The summed E-state index contributed by atoms with van der Waals surface area (Å²) in [5.41, 5.74) is 1.75. The van der Waals surface area contributed by atoms with E-state index in [1.54, 1.807) is 0 Å². The Hall–Kier alpha value is -3.35. The van der Waals surface area contributed by atoms with Crippen LogP contribution >= 0.6 is 0 Å². The van der Waals surface area contributed by atoms with E-state index in [9.17, 15) is 14.4 Å². The quantitative estimate of drug-likeness (QED) is 0.720. The number of fused-ring (bicyclic) bond motifs is 2. The maximum Gasteiger partial charge on any atom is 0.325 e. The van der Waals surface area contributed by atoms with Crippen molar-refractivity contribution in [3.63, 3.8) is 0 Å². The molecule has 2 aromatic carbocycles. The number of hydrogen-bond donors (Lipinski definition) is 2. The maximum absolute atomic E-state index is 13.1. The van der Waals surface area contributed by atoms with Gasteiger partial charge >= 0.3 is 6.03 Å². The van der Waals surface area contributed by atoms with Crippen LogP contribution in [0.15, 0.2) is 48.5 Å². The Kier molecular flexibility index (Phi) is 5.20. The molecule has 1 atom stereocenters. The minimum atomic E-state index is -1.04. The van der Waals surface area contributed by atoms with Crippen molar-refractivity contribution in [2.75, 3.05) is 6.54 Å². The first-order chi connectivity index (χ1) is 14.4. The van der Waals surface area contributed by atoms with Crippen LogP contribution in [0, 0.1) is 0 Å². The first-order valence-corrected chi connectivity index (χ1v) is 10.1. The van der Waals surface area contributed by atoms with Crippen LogP contribution in [0.2, 0.25) is 0 Å². The lowest BCUT2D eigenvalue weighted by atomic mass is 9.92. The van der Waals surface area contributed by atoms with E-state index < -0.39 is 11.6 Å². The number of ether oxygens (including phenoxy) is 1. The lowest BCUT2D eigenvalue weighted by Crippen LogP contribution is -2.43. The molecule has 2 aromatic rings. The van der Waals surface area contributed by atoms with Gasteiger partial charge in [0.05, 0.1) is 6.10 Å². The van der Waals surface area contributed by atoms with Gasteiger partial charge in [0.1, 0.15) is 17.8 Å². The minimum Gasteiger partial charge on any atom is -0.491 e. The number of aryl methyl sites for hydroxylation is 1. The molecule has 1 aliphatic heterocycles. The number of carbonyl (C=O) groups excluding carboxylic acids is 3. The highest BCUT2D eigenvalue weighted by Gasteiger charge is 2.55. The highest BCUT2D eigenvalue weighted by molar-refractivity contribution is 6.09. The van der Waals surface area contributed by atoms with Gasteiger partial charge in [-0.1, -0.05) is 36.4 Å². The molecule has 2 aliphatic rings. The largest absolute Gasteiger partial charge is 0.491 e. The summed E-state index contributed by atoms with van der Waals surface area (Å²) in [6, 6.07) is 14.5. The fourth-order valence-corrected chi connectivity index (χ4v) is 4.09. The van der Waals surface area contributed by atoms with E-state index in [0.29, 0.717) is 13.0 Å². The predicted octanol–water partition coefficient (Wildman–Crippen LogP) is 2.48. The standard InChI is InChI=1S/C23H25N3O4/c1-15(2)30-18-9-7-16(8-10-18)13-24-20(27)14-26-21(28)23(25-22(26)29)12-11-17-5-3-4-6-19(17)23/h3-10,15H,11-14H2,1-2H3,(H,24,27)(H,25,29). The molecule has 1 heterocycles. The normalized spacial score (nSPS) is 19.9. The van der Waals surface area contributed by atoms with E-state index in [2.05, 4.69) is 10.6 Å². The number of imide groups is 1. The highest BCUT2D eigenvalue weighted by atomic mass is 16.5. The third kappa shape index (κ3) is 3.63. The summed E-state index contributed by atoms with van der Waals surface area (Å²) in [5.74, 6) is 0.0219. The van der Waals surface area contributed by atoms with Crippen molar-refractivity contribution in [3.8, 4) is 5.75 Å². The third-order valence-corrected chi connectivity index (χ3v) is 5.51. The van der Waals surface area contributed by atoms with E-state index >= 15 is 0 Å². The van der Waals surface area contributed by atoms with Gasteiger partial charge < -0.3 is 15.4 Å². The summed E-state index contributed by atoms with van der Waals surface area (Å²) in [4.78, 5) is 39.0. The summed E-state index contributed by atoms with van der Waals surface area (Å²) in [7, 11) is 0. The van der Waals surface area contributed by atoms with Crippen molar-refractivity contribution in [1.82, 2.24) is 15.5 Å². The fourth-order valence-electron chi connectivity index (χ4n) is 4.09. The molecule has 0 bridgehead atoms. The highest BCUT2D eigenvalue weighted by Crippen LogP contribution is 2.41. The molecule has 30 heavy (non-hydrogen) atoms. The number of rotatable bonds is 6. The van der Waals surface area contributed by atoms with E-state index in [-0.39, 0.29) is 24.5 Å². The van der Waals surface area contributed by atoms with Gasteiger partial charge in [0.2, 0.25) is 5.91 Å². The number of amides is 4. The lowest BCUT2D eigenvalue weighted by Gasteiger charge is -2.22. The molecule has 4 rings (SSSR count). The fraction of sp³-hybridized carbons (Fsp3) is 0.348. The Morgan fingerprint density at radius 1 is 1.17 bits per heavy atom. The van der Waals surface area contributed by atoms with Crippen LogP contribution < -0.4 is 15.4 Å². The molecule has 0 aromatic heterocycles. The van der Waals surface area contributed by atoms with Crippen molar-refractivity contribution in [1.29, 1.82) is 0 Å². The van der Waals surface area contributed by atoms with Crippen LogP contribution in [0.3, 0.4) is 0 Å². The molecule has 7 nitrogen and oxygen atoms in total. The Morgan fingerprint density at radius 3 is 2.63 bits per heavy atom. The monoisotopic (exact) mass is 407 g/mol. The van der Waals surface area contributed by atoms with Crippen molar-refractivity contribution in [2.45, 2.75) is 44.9 Å². The van der Waals surface area contributed by atoms with Gasteiger partial charge in [0.15, 0.2) is 0 Å². The average molecular weight is 407 g/mol. The van der Waals surface area contributed by atoms with E-state index in [1.807, 2.05) is 62.4 Å². The maximum atomic E-state index is 13.1. The van der Waals surface area contributed by atoms with Gasteiger partial charge in [-0.25, -0.2) is 4.79 Å². The Labute approximate surface area is 175 Å². The van der Waals surface area contributed by atoms with Crippen LogP contribution in [0.25, 0.3) is 0 Å². The summed E-state index contributed by atoms with van der Waals surface area (Å²) in [6.45, 7) is 3.91. The number of urea groups is 1. The average Bonchev–Trinajstić information content (AvgIpc) is 3.20. The third-order valence-electron chi connectivity index (χ3n) is 5.51. The molecule has 1 aliphatic carbocycles. The molecule has 1 spiro atoms. The van der Waals surface area contributed by atoms with Crippen LogP contribution in [0.5, 0.6) is 5.75 Å². The molecule has 1 fully saturated rings. The molecular weight excluding hydrogens is 382 g/mol. The van der Waals surface area contributed by atoms with Crippen LogP contribution in [-0.4, -0.2) is 35.4 Å². The van der Waals surface area contributed by atoms with Gasteiger partial charge in [-0.3, -0.25) is 14.5 Å². The van der Waals surface area contributed by atoms with Crippen LogP contribution in [0.4, 0.5) is 4.79 Å².